The van der Waals surface area contributed by atoms with E-state index in [9.17, 15) is 26.3 Å². The van der Waals surface area contributed by atoms with E-state index in [0.29, 0.717) is 6.04 Å². The predicted octanol–water partition coefficient (Wildman–Crippen LogP) is 4.35. The van der Waals surface area contributed by atoms with Gasteiger partial charge >= 0.3 is 24.3 Å². The summed E-state index contributed by atoms with van der Waals surface area (Å²) in [6.07, 6.45) is -3.27. The van der Waals surface area contributed by atoms with Crippen molar-refractivity contribution in [2.45, 2.75) is 56.7 Å². The average molecular weight is 573 g/mol. The highest BCUT2D eigenvalue weighted by Gasteiger charge is 2.43. The summed E-state index contributed by atoms with van der Waals surface area (Å²) >= 11 is 1.77. The fourth-order valence-electron chi connectivity index (χ4n) is 3.79. The maximum atomic E-state index is 10.6. The van der Waals surface area contributed by atoms with Gasteiger partial charge in [-0.05, 0) is 54.1 Å². The fraction of sp³-hybridized carbons (Fsp3) is 0.545. The minimum atomic E-state index is -5.08. The zero-order valence-corrected chi connectivity index (χ0v) is 20.9. The molecule has 2 aromatic rings. The molecule has 212 valence electrons. The van der Waals surface area contributed by atoms with Crippen LogP contribution in [0.5, 0.6) is 0 Å². The lowest BCUT2D eigenvalue weighted by Gasteiger charge is -2.38. The van der Waals surface area contributed by atoms with Crippen LogP contribution in [0.4, 0.5) is 32.3 Å². The van der Waals surface area contributed by atoms with E-state index in [-0.39, 0.29) is 5.60 Å². The number of aromatic nitrogens is 2. The Bertz CT molecular complexity index is 1010. The van der Waals surface area contributed by atoms with Gasteiger partial charge in [0.05, 0.1) is 5.60 Å². The van der Waals surface area contributed by atoms with Crippen LogP contribution in [0.2, 0.25) is 0 Å². The molecule has 0 saturated carbocycles. The Balaban J connectivity index is 0.000000301. The molecule has 0 amide bonds. The van der Waals surface area contributed by atoms with Gasteiger partial charge in [0.25, 0.3) is 0 Å². The van der Waals surface area contributed by atoms with Gasteiger partial charge in [0.1, 0.15) is 0 Å². The van der Waals surface area contributed by atoms with E-state index in [0.717, 1.165) is 57.0 Å². The van der Waals surface area contributed by atoms with Gasteiger partial charge in [0, 0.05) is 44.7 Å². The first-order valence-electron chi connectivity index (χ1n) is 11.1. The lowest BCUT2D eigenvalue weighted by atomic mass is 9.89. The number of nitrogens with zero attached hydrogens (tertiary/aromatic N) is 3. The Kier molecular flexibility index (Phi) is 10.8. The van der Waals surface area contributed by atoms with E-state index in [1.54, 1.807) is 11.3 Å². The quantitative estimate of drug-likeness (QED) is 0.459. The Morgan fingerprint density at radius 3 is 2.24 bits per heavy atom. The number of carboxylic acids is 2. The molecule has 0 aliphatic carbocycles. The molecule has 3 N–H and O–H groups in total. The molecule has 9 nitrogen and oxygen atoms in total. The molecule has 0 aromatic carbocycles. The van der Waals surface area contributed by atoms with Crippen molar-refractivity contribution in [3.05, 3.63) is 40.3 Å². The lowest BCUT2D eigenvalue weighted by Crippen LogP contribution is -2.46. The van der Waals surface area contributed by atoms with Crippen molar-refractivity contribution in [1.29, 1.82) is 0 Å². The van der Waals surface area contributed by atoms with Gasteiger partial charge < -0.3 is 20.3 Å². The Morgan fingerprint density at radius 2 is 1.74 bits per heavy atom. The van der Waals surface area contributed by atoms with Crippen LogP contribution in [0.25, 0.3) is 0 Å². The number of carboxylic acid groups (broad SMARTS) is 2. The third-order valence-electron chi connectivity index (χ3n) is 5.47. The summed E-state index contributed by atoms with van der Waals surface area (Å²) in [5.41, 5.74) is 2.50. The van der Waals surface area contributed by atoms with Gasteiger partial charge in [0.2, 0.25) is 5.95 Å². The second-order valence-electron chi connectivity index (χ2n) is 8.65. The first-order chi connectivity index (χ1) is 17.6. The molecule has 38 heavy (non-hydrogen) atoms. The molecule has 1 spiro atoms. The van der Waals surface area contributed by atoms with E-state index in [1.165, 1.54) is 5.56 Å². The zero-order chi connectivity index (χ0) is 28.6. The van der Waals surface area contributed by atoms with Crippen molar-refractivity contribution in [3.8, 4) is 0 Å². The number of carbonyl (C=O) groups is 2. The lowest BCUT2D eigenvalue weighted by molar-refractivity contribution is -0.193. The SMILES string of the molecule is Cc1cnc(N[C@@H]2CCO[C@]3(CCN(Cc4ccsc4)C3)C2)nc1.O=C(O)C(F)(F)F.O=C(O)C(F)(F)F. The summed E-state index contributed by atoms with van der Waals surface area (Å²) in [5, 5.41) is 22.1. The molecular formula is C22H26F6N4O5S. The average Bonchev–Trinajstić information content (AvgIpc) is 3.45. The van der Waals surface area contributed by atoms with Crippen molar-refractivity contribution < 1.29 is 50.9 Å². The Morgan fingerprint density at radius 1 is 1.16 bits per heavy atom. The number of thiophene rings is 1. The molecule has 16 heteroatoms. The molecule has 4 heterocycles. The second kappa shape index (κ2) is 13.2. The molecular weight excluding hydrogens is 546 g/mol. The van der Waals surface area contributed by atoms with Crippen molar-refractivity contribution >= 4 is 29.2 Å². The van der Waals surface area contributed by atoms with Crippen LogP contribution >= 0.6 is 11.3 Å². The van der Waals surface area contributed by atoms with Gasteiger partial charge in [-0.3, -0.25) is 4.90 Å². The topological polar surface area (TPSA) is 125 Å². The minimum Gasteiger partial charge on any atom is -0.475 e. The van der Waals surface area contributed by atoms with E-state index in [4.69, 9.17) is 24.5 Å². The molecule has 2 aliphatic heterocycles. The molecule has 0 bridgehead atoms. The zero-order valence-electron chi connectivity index (χ0n) is 20.1. The highest BCUT2D eigenvalue weighted by molar-refractivity contribution is 7.07. The van der Waals surface area contributed by atoms with Gasteiger partial charge in [-0.2, -0.15) is 37.7 Å². The maximum absolute atomic E-state index is 10.6. The van der Waals surface area contributed by atoms with Crippen LogP contribution < -0.4 is 5.32 Å². The number of alkyl halides is 6. The molecule has 2 atom stereocenters. The standard InChI is InChI=1S/C18H24N4OS.2C2HF3O2/c1-14-9-19-17(20-10-14)21-16-2-6-23-18(8-16)4-5-22(13-18)11-15-3-7-24-12-15;2*3-2(4,5)1(6)7/h3,7,9-10,12,16H,2,4-6,8,11,13H2,1H3,(H,19,20,21);2*(H,6,7)/t16-,18-;;/m1../s1. The van der Waals surface area contributed by atoms with Gasteiger partial charge in [-0.15, -0.1) is 0 Å². The van der Waals surface area contributed by atoms with Gasteiger partial charge in [-0.1, -0.05) is 0 Å². The number of hydrogen-bond donors (Lipinski definition) is 3. The highest BCUT2D eigenvalue weighted by atomic mass is 32.1. The first-order valence-corrected chi connectivity index (χ1v) is 12.1. The molecule has 0 unspecified atom stereocenters. The van der Waals surface area contributed by atoms with Gasteiger partial charge in [0.15, 0.2) is 0 Å². The second-order valence-corrected chi connectivity index (χ2v) is 9.43. The van der Waals surface area contributed by atoms with E-state index in [2.05, 4.69) is 37.0 Å². The fourth-order valence-corrected chi connectivity index (χ4v) is 4.45. The van der Waals surface area contributed by atoms with Crippen LogP contribution in [-0.2, 0) is 20.9 Å². The molecule has 2 aliphatic rings. The number of nitrogens with one attached hydrogen (secondary N) is 1. The van der Waals surface area contributed by atoms with Gasteiger partial charge in [-0.25, -0.2) is 19.6 Å². The number of rotatable bonds is 4. The number of aliphatic carboxylic acids is 2. The molecule has 2 aromatic heterocycles. The number of ether oxygens (including phenoxy) is 1. The third-order valence-corrected chi connectivity index (χ3v) is 6.21. The van der Waals surface area contributed by atoms with Crippen LogP contribution in [0, 0.1) is 6.92 Å². The van der Waals surface area contributed by atoms with Crippen LogP contribution in [0.15, 0.2) is 29.2 Å². The van der Waals surface area contributed by atoms with Crippen molar-refractivity contribution in [3.63, 3.8) is 0 Å². The monoisotopic (exact) mass is 572 g/mol. The van der Waals surface area contributed by atoms with E-state index in [1.807, 2.05) is 19.3 Å². The first kappa shape index (κ1) is 31.2. The van der Waals surface area contributed by atoms with E-state index < -0.39 is 24.3 Å². The predicted molar refractivity (Wildman–Crippen MR) is 124 cm³/mol. The molecule has 4 rings (SSSR count). The summed E-state index contributed by atoms with van der Waals surface area (Å²) in [6.45, 7) is 6.00. The number of hydrogen-bond acceptors (Lipinski definition) is 8. The van der Waals surface area contributed by atoms with E-state index >= 15 is 0 Å². The Hall–Kier alpha value is -2.98. The highest BCUT2D eigenvalue weighted by Crippen LogP contribution is 2.35. The minimum absolute atomic E-state index is 0.00334. The number of halogens is 6. The summed E-state index contributed by atoms with van der Waals surface area (Å²) in [6, 6.07) is 2.61. The van der Waals surface area contributed by atoms with Crippen LogP contribution in [-0.4, -0.2) is 80.7 Å². The number of aryl methyl sites for hydroxylation is 1. The van der Waals surface area contributed by atoms with Crippen LogP contribution in [0.1, 0.15) is 30.4 Å². The molecule has 2 fully saturated rings. The summed E-state index contributed by atoms with van der Waals surface area (Å²) < 4.78 is 69.7. The van der Waals surface area contributed by atoms with Crippen molar-refractivity contribution in [1.82, 2.24) is 14.9 Å². The van der Waals surface area contributed by atoms with Crippen LogP contribution in [0.3, 0.4) is 0 Å². The molecule has 2 saturated heterocycles. The third kappa shape index (κ3) is 10.4. The summed E-state index contributed by atoms with van der Waals surface area (Å²) in [7, 11) is 0. The number of likely N-dealkylation sites (tertiary alicyclic amines) is 1. The maximum Gasteiger partial charge on any atom is 0.490 e. The molecule has 0 radical (unpaired) electrons. The van der Waals surface area contributed by atoms with Crippen molar-refractivity contribution in [2.24, 2.45) is 0 Å². The Labute approximate surface area is 217 Å². The van der Waals surface area contributed by atoms with Crippen molar-refractivity contribution in [2.75, 3.05) is 25.0 Å². The largest absolute Gasteiger partial charge is 0.490 e. The number of anilines is 1. The summed E-state index contributed by atoms with van der Waals surface area (Å²) in [5.74, 6) is -4.78. The summed E-state index contributed by atoms with van der Waals surface area (Å²) in [4.78, 5) is 29.1. The normalized spacial score (nSPS) is 21.6. The smallest absolute Gasteiger partial charge is 0.475 e.